The topological polar surface area (TPSA) is 175 Å². The number of likely N-dealkylation sites (tertiary alicyclic amines) is 2. The molecule has 6 aromatic heterocycles. The first-order valence-corrected chi connectivity index (χ1v) is 26.6. The van der Waals surface area contributed by atoms with E-state index in [9.17, 15) is 9.59 Å². The fourth-order valence-corrected chi connectivity index (χ4v) is 11.6. The molecule has 8 aromatic rings. The van der Waals surface area contributed by atoms with E-state index in [-0.39, 0.29) is 11.8 Å². The van der Waals surface area contributed by atoms with E-state index in [0.29, 0.717) is 72.4 Å². The van der Waals surface area contributed by atoms with Gasteiger partial charge in [-0.05, 0) is 147 Å². The van der Waals surface area contributed by atoms with E-state index < -0.39 is 0 Å². The summed E-state index contributed by atoms with van der Waals surface area (Å²) in [6.07, 6.45) is 15.0. The van der Waals surface area contributed by atoms with Crippen LogP contribution in [0.5, 0.6) is 11.5 Å². The molecule has 0 bridgehead atoms. The number of nitrogens with zero attached hydrogens (tertiary/aromatic N) is 8. The fraction of sp³-hybridized carbons (Fsp3) is 0.474. The van der Waals surface area contributed by atoms with E-state index >= 15 is 0 Å². The predicted molar refractivity (Wildman–Crippen MR) is 288 cm³/mol. The van der Waals surface area contributed by atoms with E-state index in [1.807, 2.05) is 24.5 Å². The molecule has 0 unspecified atom stereocenters. The molecule has 0 atom stereocenters. The Bertz CT molecular complexity index is 2990. The summed E-state index contributed by atoms with van der Waals surface area (Å²) in [6, 6.07) is 17.9. The Kier molecular flexibility index (Phi) is 15.1. The normalized spacial score (nSPS) is 15.5. The molecule has 2 aromatic carbocycles. The van der Waals surface area contributed by atoms with Crippen molar-refractivity contribution in [2.45, 2.75) is 109 Å². The van der Waals surface area contributed by atoms with E-state index in [1.165, 1.54) is 33.0 Å². The highest BCUT2D eigenvalue weighted by molar-refractivity contribution is 5.93. The number of carbonyl (C=O) groups is 2. The van der Waals surface area contributed by atoms with Crippen LogP contribution in [0.25, 0.3) is 55.6 Å². The maximum Gasteiger partial charge on any atom is 0.220 e. The molecule has 16 nitrogen and oxygen atoms in total. The van der Waals surface area contributed by atoms with Crippen LogP contribution < -0.4 is 20.1 Å². The lowest BCUT2D eigenvalue weighted by Crippen LogP contribution is -2.39. The molecular weight excluding hydrogens is 917 g/mol. The third kappa shape index (κ3) is 10.8. The largest absolute Gasteiger partial charge is 0.493 e. The number of aromatic amines is 2. The molecular formula is C57H72N12O4. The number of hydrogen-bond donors (Lipinski definition) is 4. The molecule has 2 aliphatic heterocycles. The van der Waals surface area contributed by atoms with E-state index in [4.69, 9.17) is 9.47 Å². The summed E-state index contributed by atoms with van der Waals surface area (Å²) in [7, 11) is 3.34. The third-order valence-electron chi connectivity index (χ3n) is 15.5. The zero-order valence-corrected chi connectivity index (χ0v) is 43.5. The van der Waals surface area contributed by atoms with Crippen molar-refractivity contribution < 1.29 is 19.1 Å². The highest BCUT2D eigenvalue weighted by Gasteiger charge is 2.26. The molecule has 2 amide bonds. The molecule has 0 saturated carbocycles. The maximum atomic E-state index is 12.7. The molecule has 16 heteroatoms. The van der Waals surface area contributed by atoms with Gasteiger partial charge in [0.2, 0.25) is 11.8 Å². The van der Waals surface area contributed by atoms with E-state index in [1.54, 1.807) is 35.9 Å². The molecule has 10 rings (SSSR count). The summed E-state index contributed by atoms with van der Waals surface area (Å²) >= 11 is 0. The van der Waals surface area contributed by atoms with Crippen molar-refractivity contribution in [3.63, 3.8) is 0 Å². The van der Waals surface area contributed by atoms with Crippen molar-refractivity contribution in [2.24, 2.45) is 0 Å². The molecule has 73 heavy (non-hydrogen) atoms. The van der Waals surface area contributed by atoms with Crippen molar-refractivity contribution in [1.29, 1.82) is 0 Å². The number of H-pyrrole nitrogens is 2. The zero-order valence-electron chi connectivity index (χ0n) is 43.5. The van der Waals surface area contributed by atoms with Gasteiger partial charge in [-0.3, -0.25) is 9.59 Å². The molecule has 8 heterocycles. The summed E-state index contributed by atoms with van der Waals surface area (Å²) in [5.74, 6) is 3.21. The Morgan fingerprint density at radius 3 is 1.44 bits per heavy atom. The fourth-order valence-electron chi connectivity index (χ4n) is 11.6. The summed E-state index contributed by atoms with van der Waals surface area (Å²) in [6.45, 7) is 16.1. The van der Waals surface area contributed by atoms with E-state index in [2.05, 4.69) is 115 Å². The number of rotatable bonds is 20. The Morgan fingerprint density at radius 1 is 0.616 bits per heavy atom. The second-order valence-electron chi connectivity index (χ2n) is 20.9. The minimum Gasteiger partial charge on any atom is -0.493 e. The number of pyridine rings is 2. The number of ether oxygens (including phenoxy) is 2. The molecule has 2 aliphatic rings. The first-order valence-electron chi connectivity index (χ1n) is 26.6. The zero-order chi connectivity index (χ0) is 50.6. The van der Waals surface area contributed by atoms with Crippen LogP contribution in [0.2, 0.25) is 0 Å². The van der Waals surface area contributed by atoms with Crippen molar-refractivity contribution in [3.8, 4) is 34.0 Å². The minimum absolute atomic E-state index is 0.0987. The SMILES string of the molecule is COc1cc(-c2[nH]c3ccc(C4CCN(CCNC(=O)CCCCCC(=O)NCCN5CCC(c6ccc7[nH]c(-c8cc(OC)c9ncnn9c8)c(C(C)C)c7c6)CC5)CC4)cc3c2C(C)C)cn2ncnc12. The van der Waals surface area contributed by atoms with Gasteiger partial charge in [0.05, 0.1) is 25.6 Å². The number of aromatic nitrogens is 8. The monoisotopic (exact) mass is 989 g/mol. The van der Waals surface area contributed by atoms with Crippen molar-refractivity contribution in [2.75, 3.05) is 66.6 Å². The molecule has 0 radical (unpaired) electrons. The van der Waals surface area contributed by atoms with Crippen LogP contribution in [-0.2, 0) is 9.59 Å². The first kappa shape index (κ1) is 49.8. The number of unbranched alkanes of at least 4 members (excludes halogenated alkanes) is 2. The van der Waals surface area contributed by atoms with Crippen LogP contribution in [0.4, 0.5) is 0 Å². The average molecular weight is 989 g/mol. The standard InChI is InChI=1S/C57H72N12O4/c1-36(2)52-44-28-40(12-14-46(44)64-54(52)42-30-48(72-5)56-60-34-62-68(56)32-42)38-16-22-66(23-17-38)26-20-58-50(70)10-8-7-9-11-51(71)59-21-27-67-24-18-39(19-25-67)41-13-15-47-45(29-41)53(37(3)4)55(65-47)43-31-49(73-6)57-61-35-63-69(57)33-43/h12-15,28-39,64-65H,7-11,16-27H2,1-6H3,(H,58,70)(H,59,71). The predicted octanol–water partition coefficient (Wildman–Crippen LogP) is 9.57. The summed E-state index contributed by atoms with van der Waals surface area (Å²) in [5, 5.41) is 17.6. The van der Waals surface area contributed by atoms with Gasteiger partial charge < -0.3 is 39.9 Å². The van der Waals surface area contributed by atoms with Gasteiger partial charge >= 0.3 is 0 Å². The lowest BCUT2D eigenvalue weighted by molar-refractivity contribution is -0.121. The Labute approximate surface area is 427 Å². The number of carbonyl (C=O) groups excluding carboxylic acids is 2. The number of nitrogens with one attached hydrogen (secondary N) is 4. The summed E-state index contributed by atoms with van der Waals surface area (Å²) in [4.78, 5) is 46.5. The molecule has 0 spiro atoms. The third-order valence-corrected chi connectivity index (χ3v) is 15.5. The molecule has 2 saturated heterocycles. The maximum absolute atomic E-state index is 12.7. The second-order valence-corrected chi connectivity index (χ2v) is 20.9. The lowest BCUT2D eigenvalue weighted by atomic mass is 9.87. The molecule has 384 valence electrons. The van der Waals surface area contributed by atoms with Gasteiger partial charge in [-0.25, -0.2) is 19.0 Å². The van der Waals surface area contributed by atoms with Gasteiger partial charge in [0, 0.05) is 84.3 Å². The summed E-state index contributed by atoms with van der Waals surface area (Å²) in [5.41, 5.74) is 13.3. The lowest BCUT2D eigenvalue weighted by Gasteiger charge is -2.32. The van der Waals surface area contributed by atoms with Gasteiger partial charge in [0.25, 0.3) is 0 Å². The van der Waals surface area contributed by atoms with Crippen LogP contribution in [0.15, 0.2) is 73.6 Å². The summed E-state index contributed by atoms with van der Waals surface area (Å²) < 4.78 is 14.9. The first-order chi connectivity index (χ1) is 35.5. The number of piperidine rings is 2. The van der Waals surface area contributed by atoms with Gasteiger partial charge in [0.1, 0.15) is 12.7 Å². The van der Waals surface area contributed by atoms with Crippen LogP contribution in [0, 0.1) is 0 Å². The number of methoxy groups -OCH3 is 2. The molecule has 2 fully saturated rings. The van der Waals surface area contributed by atoms with Gasteiger partial charge in [-0.15, -0.1) is 0 Å². The molecule has 4 N–H and O–H groups in total. The van der Waals surface area contributed by atoms with Gasteiger partial charge in [-0.2, -0.15) is 10.2 Å². The Morgan fingerprint density at radius 2 is 1.04 bits per heavy atom. The van der Waals surface area contributed by atoms with Crippen LogP contribution in [0.3, 0.4) is 0 Å². The highest BCUT2D eigenvalue weighted by Crippen LogP contribution is 2.41. The van der Waals surface area contributed by atoms with Crippen LogP contribution in [0.1, 0.15) is 131 Å². The van der Waals surface area contributed by atoms with Gasteiger partial charge in [-0.1, -0.05) is 46.2 Å². The molecule has 0 aliphatic carbocycles. The smallest absolute Gasteiger partial charge is 0.220 e. The second kappa shape index (κ2) is 22.1. The number of hydrogen-bond acceptors (Lipinski definition) is 10. The number of benzene rings is 2. The Balaban J connectivity index is 0.600. The van der Waals surface area contributed by atoms with Crippen molar-refractivity contribution in [1.82, 2.24) is 59.6 Å². The van der Waals surface area contributed by atoms with Crippen molar-refractivity contribution >= 4 is 44.9 Å². The quantitative estimate of drug-likeness (QED) is 0.0539. The van der Waals surface area contributed by atoms with Crippen LogP contribution in [-0.4, -0.2) is 127 Å². The number of amides is 2. The average Bonchev–Trinajstić information content (AvgIpc) is 4.23. The van der Waals surface area contributed by atoms with Crippen LogP contribution >= 0.6 is 0 Å². The minimum atomic E-state index is 0.0987. The van der Waals surface area contributed by atoms with Crippen molar-refractivity contribution in [3.05, 3.63) is 95.8 Å². The Hall–Kier alpha value is -6.78. The number of fused-ring (bicyclic) bond motifs is 4. The highest BCUT2D eigenvalue weighted by atomic mass is 16.5. The van der Waals surface area contributed by atoms with E-state index in [0.717, 1.165) is 118 Å². The van der Waals surface area contributed by atoms with Gasteiger partial charge in [0.15, 0.2) is 22.8 Å².